The van der Waals surface area contributed by atoms with E-state index < -0.39 is 0 Å². The molecule has 0 unspecified atom stereocenters. The number of aromatic nitrogens is 3. The molecule has 0 saturated heterocycles. The van der Waals surface area contributed by atoms with E-state index in [0.717, 1.165) is 53.8 Å². The SMILES string of the molecule is CCCCc1nc2cnc3ccccc3c2n1Cc1ccc(OC)cc1. The normalized spacial score (nSPS) is 11.3. The number of hydrogen-bond acceptors (Lipinski definition) is 3. The van der Waals surface area contributed by atoms with Gasteiger partial charge in [-0.05, 0) is 30.2 Å². The first-order valence-corrected chi connectivity index (χ1v) is 9.16. The minimum absolute atomic E-state index is 0.799. The summed E-state index contributed by atoms with van der Waals surface area (Å²) in [5, 5.41) is 1.16. The van der Waals surface area contributed by atoms with E-state index in [2.05, 4.69) is 46.8 Å². The highest BCUT2D eigenvalue weighted by molar-refractivity contribution is 6.02. The summed E-state index contributed by atoms with van der Waals surface area (Å²) in [5.74, 6) is 2.01. The second-order valence-electron chi connectivity index (χ2n) is 6.57. The standard InChI is InChI=1S/C22H23N3O/c1-3-4-9-21-24-20-14-23-19-8-6-5-7-18(19)22(20)25(21)15-16-10-12-17(26-2)13-11-16/h5-8,10-14H,3-4,9,15H2,1-2H3. The van der Waals surface area contributed by atoms with E-state index in [1.54, 1.807) is 7.11 Å². The Morgan fingerprint density at radius 2 is 1.81 bits per heavy atom. The number of imidazole rings is 1. The Labute approximate surface area is 153 Å². The van der Waals surface area contributed by atoms with Crippen molar-refractivity contribution in [3.8, 4) is 5.75 Å². The van der Waals surface area contributed by atoms with E-state index in [4.69, 9.17) is 9.72 Å². The molecule has 2 aromatic carbocycles. The molecule has 0 aliphatic heterocycles. The summed E-state index contributed by atoms with van der Waals surface area (Å²) in [5.41, 5.74) is 4.41. The van der Waals surface area contributed by atoms with Crippen LogP contribution in [-0.2, 0) is 13.0 Å². The monoisotopic (exact) mass is 345 g/mol. The van der Waals surface area contributed by atoms with E-state index >= 15 is 0 Å². The zero-order valence-electron chi connectivity index (χ0n) is 15.3. The number of nitrogens with zero attached hydrogens (tertiary/aromatic N) is 3. The number of pyridine rings is 1. The summed E-state index contributed by atoms with van der Waals surface area (Å²) < 4.78 is 7.64. The van der Waals surface area contributed by atoms with Gasteiger partial charge in [0.15, 0.2) is 0 Å². The van der Waals surface area contributed by atoms with Crippen molar-refractivity contribution in [2.24, 2.45) is 0 Å². The fraction of sp³-hybridized carbons (Fsp3) is 0.273. The molecule has 2 heterocycles. The van der Waals surface area contributed by atoms with Gasteiger partial charge in [-0.1, -0.05) is 43.7 Å². The van der Waals surface area contributed by atoms with E-state index in [1.807, 2.05) is 24.4 Å². The number of hydrogen-bond donors (Lipinski definition) is 0. The third-order valence-electron chi connectivity index (χ3n) is 4.81. The van der Waals surface area contributed by atoms with E-state index in [1.165, 1.54) is 11.1 Å². The predicted octanol–water partition coefficient (Wildman–Crippen LogP) is 4.98. The van der Waals surface area contributed by atoms with Crippen LogP contribution in [0.4, 0.5) is 0 Å². The molecular weight excluding hydrogens is 322 g/mol. The van der Waals surface area contributed by atoms with Crippen LogP contribution in [0.3, 0.4) is 0 Å². The van der Waals surface area contributed by atoms with Crippen LogP contribution in [0.25, 0.3) is 21.9 Å². The number of fused-ring (bicyclic) bond motifs is 3. The smallest absolute Gasteiger partial charge is 0.118 e. The molecule has 0 spiro atoms. The molecule has 0 saturated carbocycles. The van der Waals surface area contributed by atoms with E-state index in [-0.39, 0.29) is 0 Å². The van der Waals surface area contributed by atoms with Crippen LogP contribution < -0.4 is 4.74 Å². The van der Waals surface area contributed by atoms with Crippen molar-refractivity contribution >= 4 is 21.9 Å². The maximum atomic E-state index is 5.28. The highest BCUT2D eigenvalue weighted by atomic mass is 16.5. The molecule has 0 amide bonds. The zero-order valence-corrected chi connectivity index (χ0v) is 15.3. The van der Waals surface area contributed by atoms with Crippen molar-refractivity contribution in [1.29, 1.82) is 0 Å². The lowest BCUT2D eigenvalue weighted by molar-refractivity contribution is 0.414. The Kier molecular flexibility index (Phi) is 4.57. The molecule has 2 aromatic heterocycles. The van der Waals surface area contributed by atoms with Crippen LogP contribution in [0.15, 0.2) is 54.7 Å². The molecule has 4 heteroatoms. The molecule has 0 atom stereocenters. The molecule has 4 rings (SSSR count). The van der Waals surface area contributed by atoms with Crippen LogP contribution in [0.2, 0.25) is 0 Å². The number of ether oxygens (including phenoxy) is 1. The van der Waals surface area contributed by atoms with Gasteiger partial charge in [-0.3, -0.25) is 4.98 Å². The largest absolute Gasteiger partial charge is 0.497 e. The molecular formula is C22H23N3O. The average Bonchev–Trinajstić information content (AvgIpc) is 3.04. The van der Waals surface area contributed by atoms with Gasteiger partial charge in [0.1, 0.15) is 17.1 Å². The third-order valence-corrected chi connectivity index (χ3v) is 4.81. The lowest BCUT2D eigenvalue weighted by Crippen LogP contribution is -2.06. The molecule has 132 valence electrons. The molecule has 4 aromatic rings. The van der Waals surface area contributed by atoms with Crippen LogP contribution >= 0.6 is 0 Å². The number of para-hydroxylation sites is 1. The highest BCUT2D eigenvalue weighted by Gasteiger charge is 2.14. The van der Waals surface area contributed by atoms with Gasteiger partial charge in [0.2, 0.25) is 0 Å². The summed E-state index contributed by atoms with van der Waals surface area (Å²) in [6.07, 6.45) is 5.18. The Hall–Kier alpha value is -2.88. The molecule has 26 heavy (non-hydrogen) atoms. The predicted molar refractivity (Wildman–Crippen MR) is 106 cm³/mol. The van der Waals surface area contributed by atoms with Crippen LogP contribution in [0.5, 0.6) is 5.75 Å². The fourth-order valence-corrected chi connectivity index (χ4v) is 3.42. The summed E-state index contributed by atoms with van der Waals surface area (Å²) in [7, 11) is 1.69. The Balaban J connectivity index is 1.86. The molecule has 0 N–H and O–H groups in total. The van der Waals surface area contributed by atoms with Gasteiger partial charge >= 0.3 is 0 Å². The van der Waals surface area contributed by atoms with Gasteiger partial charge in [0, 0.05) is 18.4 Å². The molecule has 0 fully saturated rings. The van der Waals surface area contributed by atoms with Gasteiger partial charge in [-0.2, -0.15) is 0 Å². The van der Waals surface area contributed by atoms with Crippen molar-refractivity contribution in [3.05, 3.63) is 66.1 Å². The second kappa shape index (κ2) is 7.16. The number of methoxy groups -OCH3 is 1. The number of unbranched alkanes of at least 4 members (excludes halogenated alkanes) is 1. The summed E-state index contributed by atoms with van der Waals surface area (Å²) >= 11 is 0. The summed E-state index contributed by atoms with van der Waals surface area (Å²) in [6, 6.07) is 16.6. The van der Waals surface area contributed by atoms with Crippen molar-refractivity contribution in [3.63, 3.8) is 0 Å². The van der Waals surface area contributed by atoms with Crippen LogP contribution in [0.1, 0.15) is 31.2 Å². The molecule has 0 aliphatic rings. The zero-order chi connectivity index (χ0) is 17.9. The van der Waals surface area contributed by atoms with Crippen molar-refractivity contribution in [2.45, 2.75) is 32.7 Å². The Morgan fingerprint density at radius 1 is 1.00 bits per heavy atom. The van der Waals surface area contributed by atoms with E-state index in [9.17, 15) is 0 Å². The minimum Gasteiger partial charge on any atom is -0.497 e. The maximum Gasteiger partial charge on any atom is 0.118 e. The van der Waals surface area contributed by atoms with Gasteiger partial charge in [0.25, 0.3) is 0 Å². The lowest BCUT2D eigenvalue weighted by atomic mass is 10.1. The Morgan fingerprint density at radius 3 is 2.58 bits per heavy atom. The first-order chi connectivity index (χ1) is 12.8. The topological polar surface area (TPSA) is 39.9 Å². The Bertz CT molecular complexity index is 1030. The summed E-state index contributed by atoms with van der Waals surface area (Å²) in [6.45, 7) is 3.01. The van der Waals surface area contributed by atoms with Crippen molar-refractivity contribution in [1.82, 2.24) is 14.5 Å². The fourth-order valence-electron chi connectivity index (χ4n) is 3.42. The third kappa shape index (κ3) is 3.03. The van der Waals surface area contributed by atoms with Crippen molar-refractivity contribution < 1.29 is 4.74 Å². The molecule has 0 bridgehead atoms. The van der Waals surface area contributed by atoms with Crippen LogP contribution in [0, 0.1) is 0 Å². The van der Waals surface area contributed by atoms with Gasteiger partial charge in [0.05, 0.1) is 24.3 Å². The van der Waals surface area contributed by atoms with Gasteiger partial charge in [-0.15, -0.1) is 0 Å². The number of benzene rings is 2. The van der Waals surface area contributed by atoms with Gasteiger partial charge in [-0.25, -0.2) is 4.98 Å². The summed E-state index contributed by atoms with van der Waals surface area (Å²) in [4.78, 5) is 9.49. The quantitative estimate of drug-likeness (QED) is 0.494. The highest BCUT2D eigenvalue weighted by Crippen LogP contribution is 2.26. The second-order valence-corrected chi connectivity index (χ2v) is 6.57. The minimum atomic E-state index is 0.799. The number of aryl methyl sites for hydroxylation is 1. The lowest BCUT2D eigenvalue weighted by Gasteiger charge is -2.11. The first-order valence-electron chi connectivity index (χ1n) is 9.16. The van der Waals surface area contributed by atoms with E-state index in [0.29, 0.717) is 0 Å². The van der Waals surface area contributed by atoms with Gasteiger partial charge < -0.3 is 9.30 Å². The maximum absolute atomic E-state index is 5.28. The average molecular weight is 345 g/mol. The first kappa shape index (κ1) is 16.6. The number of rotatable bonds is 6. The molecule has 0 aliphatic carbocycles. The van der Waals surface area contributed by atoms with Crippen LogP contribution in [-0.4, -0.2) is 21.6 Å². The van der Waals surface area contributed by atoms with Crippen molar-refractivity contribution in [2.75, 3.05) is 7.11 Å². The molecule has 0 radical (unpaired) electrons. The molecule has 4 nitrogen and oxygen atoms in total.